The first kappa shape index (κ1) is 22.5. The predicted octanol–water partition coefficient (Wildman–Crippen LogP) is 6.40. The van der Waals surface area contributed by atoms with Crippen LogP contribution in [0.4, 0.5) is 0 Å². The van der Waals surface area contributed by atoms with Gasteiger partial charge in [0.15, 0.2) is 0 Å². The van der Waals surface area contributed by atoms with Crippen molar-refractivity contribution in [2.75, 3.05) is 0 Å². The second-order valence-electron chi connectivity index (χ2n) is 9.10. The SMILES string of the molecule is CCC1=C[C@](C=Cc2ccccc2)(CC)[C@@](CC)(C(=O)O)[C@H]2[C@H]1[C@@H](C)C(=O)[C@@H]2CC. The van der Waals surface area contributed by atoms with Crippen molar-refractivity contribution in [2.45, 2.75) is 60.3 Å². The van der Waals surface area contributed by atoms with E-state index in [1.54, 1.807) is 0 Å². The van der Waals surface area contributed by atoms with Crippen molar-refractivity contribution in [3.8, 4) is 0 Å². The average Bonchev–Trinajstić information content (AvgIpc) is 3.02. The second kappa shape index (κ2) is 8.53. The van der Waals surface area contributed by atoms with Gasteiger partial charge in [-0.25, -0.2) is 0 Å². The van der Waals surface area contributed by atoms with Crippen molar-refractivity contribution in [1.29, 1.82) is 0 Å². The molecule has 30 heavy (non-hydrogen) atoms. The number of hydrogen-bond acceptors (Lipinski definition) is 2. The quantitative estimate of drug-likeness (QED) is 0.531. The van der Waals surface area contributed by atoms with Crippen molar-refractivity contribution in [3.05, 3.63) is 53.6 Å². The van der Waals surface area contributed by atoms with Crippen LogP contribution in [0.5, 0.6) is 0 Å². The van der Waals surface area contributed by atoms with Crippen molar-refractivity contribution in [3.63, 3.8) is 0 Å². The van der Waals surface area contributed by atoms with Gasteiger partial charge in [0, 0.05) is 17.3 Å². The van der Waals surface area contributed by atoms with Gasteiger partial charge in [-0.2, -0.15) is 0 Å². The highest BCUT2D eigenvalue weighted by atomic mass is 16.4. The van der Waals surface area contributed by atoms with Crippen molar-refractivity contribution in [2.24, 2.45) is 34.5 Å². The van der Waals surface area contributed by atoms with E-state index in [1.165, 1.54) is 5.57 Å². The van der Waals surface area contributed by atoms with E-state index in [9.17, 15) is 14.7 Å². The number of allylic oxidation sites excluding steroid dienone is 3. The fraction of sp³-hybridized carbons (Fsp3) is 0.556. The molecule has 0 heterocycles. The van der Waals surface area contributed by atoms with E-state index in [2.05, 4.69) is 32.1 Å². The minimum Gasteiger partial charge on any atom is -0.481 e. The molecule has 1 fully saturated rings. The number of ketones is 1. The summed E-state index contributed by atoms with van der Waals surface area (Å²) in [5, 5.41) is 10.8. The minimum atomic E-state index is -0.989. The van der Waals surface area contributed by atoms with E-state index >= 15 is 0 Å². The van der Waals surface area contributed by atoms with Crippen molar-refractivity contribution in [1.82, 2.24) is 0 Å². The summed E-state index contributed by atoms with van der Waals surface area (Å²) in [5.41, 5.74) is 0.726. The summed E-state index contributed by atoms with van der Waals surface area (Å²) in [6.07, 6.45) is 9.22. The van der Waals surface area contributed by atoms with Gasteiger partial charge in [-0.05, 0) is 43.1 Å². The normalized spacial score (nSPS) is 36.0. The molecule has 0 aromatic heterocycles. The van der Waals surface area contributed by atoms with Crippen LogP contribution in [0.3, 0.4) is 0 Å². The lowest BCUT2D eigenvalue weighted by Gasteiger charge is -2.55. The van der Waals surface area contributed by atoms with Gasteiger partial charge < -0.3 is 5.11 Å². The number of benzene rings is 1. The van der Waals surface area contributed by atoms with Gasteiger partial charge in [0.05, 0.1) is 5.41 Å². The molecule has 1 saturated carbocycles. The van der Waals surface area contributed by atoms with Crippen LogP contribution in [0.15, 0.2) is 48.1 Å². The largest absolute Gasteiger partial charge is 0.481 e. The molecule has 0 radical (unpaired) electrons. The highest BCUT2D eigenvalue weighted by Crippen LogP contribution is 2.66. The van der Waals surface area contributed by atoms with E-state index in [1.807, 2.05) is 51.1 Å². The number of carbonyl (C=O) groups is 2. The zero-order chi connectivity index (χ0) is 22.1. The van der Waals surface area contributed by atoms with E-state index in [0.717, 1.165) is 12.0 Å². The number of fused-ring (bicyclic) bond motifs is 1. The molecule has 0 aliphatic heterocycles. The Bertz CT molecular complexity index is 852. The van der Waals surface area contributed by atoms with Gasteiger partial charge in [0.25, 0.3) is 0 Å². The molecule has 3 nitrogen and oxygen atoms in total. The van der Waals surface area contributed by atoms with Gasteiger partial charge >= 0.3 is 5.97 Å². The molecule has 3 rings (SSSR count). The molecule has 0 amide bonds. The molecular weight excluding hydrogens is 372 g/mol. The van der Waals surface area contributed by atoms with Crippen LogP contribution >= 0.6 is 0 Å². The smallest absolute Gasteiger partial charge is 0.311 e. The summed E-state index contributed by atoms with van der Waals surface area (Å²) in [7, 11) is 0. The van der Waals surface area contributed by atoms with Crippen LogP contribution in [0.1, 0.15) is 65.9 Å². The average molecular weight is 409 g/mol. The highest BCUT2D eigenvalue weighted by Gasteiger charge is 2.67. The summed E-state index contributed by atoms with van der Waals surface area (Å²) in [4.78, 5) is 26.4. The Kier molecular flexibility index (Phi) is 6.40. The maximum absolute atomic E-state index is 13.2. The third-order valence-electron chi connectivity index (χ3n) is 8.19. The third kappa shape index (κ3) is 3.09. The first-order valence-electron chi connectivity index (χ1n) is 11.6. The molecule has 0 spiro atoms. The molecule has 1 aromatic carbocycles. The maximum Gasteiger partial charge on any atom is 0.311 e. The summed E-state index contributed by atoms with van der Waals surface area (Å²) in [6, 6.07) is 10.1. The lowest BCUT2D eigenvalue weighted by Crippen LogP contribution is -2.56. The van der Waals surface area contributed by atoms with Crippen molar-refractivity contribution >= 4 is 17.8 Å². The Hall–Kier alpha value is -2.16. The maximum atomic E-state index is 13.2. The van der Waals surface area contributed by atoms with Gasteiger partial charge in [0.2, 0.25) is 0 Å². The predicted molar refractivity (Wildman–Crippen MR) is 122 cm³/mol. The summed E-state index contributed by atoms with van der Waals surface area (Å²) in [5.74, 6) is -0.922. The Labute approximate surface area is 181 Å². The number of aliphatic carboxylic acids is 1. The number of carboxylic acid groups (broad SMARTS) is 1. The molecular formula is C27H36O3. The first-order valence-corrected chi connectivity index (χ1v) is 11.6. The van der Waals surface area contributed by atoms with Crippen LogP contribution < -0.4 is 0 Å². The Morgan fingerprint density at radius 1 is 1.10 bits per heavy atom. The van der Waals surface area contributed by atoms with Crippen LogP contribution in [-0.4, -0.2) is 16.9 Å². The van der Waals surface area contributed by atoms with E-state index < -0.39 is 16.8 Å². The number of hydrogen-bond donors (Lipinski definition) is 1. The van der Waals surface area contributed by atoms with Gasteiger partial charge in [-0.3, -0.25) is 9.59 Å². The molecule has 6 atom stereocenters. The molecule has 162 valence electrons. The van der Waals surface area contributed by atoms with Crippen LogP contribution in [0.25, 0.3) is 6.08 Å². The third-order valence-corrected chi connectivity index (χ3v) is 8.19. The van der Waals surface area contributed by atoms with E-state index in [-0.39, 0.29) is 29.5 Å². The number of rotatable bonds is 7. The lowest BCUT2D eigenvalue weighted by molar-refractivity contribution is -0.165. The Morgan fingerprint density at radius 3 is 2.27 bits per heavy atom. The highest BCUT2D eigenvalue weighted by molar-refractivity contribution is 5.90. The number of carboxylic acids is 1. The lowest BCUT2D eigenvalue weighted by atomic mass is 9.46. The van der Waals surface area contributed by atoms with Gasteiger partial charge in [-0.15, -0.1) is 0 Å². The number of Topliss-reactive ketones (excluding diaryl/α,β-unsaturated/α-hetero) is 1. The fourth-order valence-corrected chi connectivity index (χ4v) is 6.71. The van der Waals surface area contributed by atoms with Crippen LogP contribution in [0, 0.1) is 34.5 Å². The molecule has 1 N–H and O–H groups in total. The topological polar surface area (TPSA) is 54.4 Å². The monoisotopic (exact) mass is 408 g/mol. The molecule has 2 aliphatic carbocycles. The summed E-state index contributed by atoms with van der Waals surface area (Å²) < 4.78 is 0. The zero-order valence-corrected chi connectivity index (χ0v) is 19.0. The van der Waals surface area contributed by atoms with Gasteiger partial charge in [0.1, 0.15) is 5.78 Å². The Balaban J connectivity index is 2.30. The molecule has 3 heteroatoms. The van der Waals surface area contributed by atoms with Crippen molar-refractivity contribution < 1.29 is 14.7 Å². The standard InChI is InChI=1S/C27H36O3/c1-6-20-17-26(8-3,16-15-19-13-11-10-12-14-19)27(9-4,25(29)30)23-21(7-2)24(28)18(5)22(20)23/h10-18,21-23H,6-9H2,1-5H3,(H,29,30)/t18-,21-,22+,23-,26-,27-/m1/s1. The molecule has 0 saturated heterocycles. The first-order chi connectivity index (χ1) is 14.3. The minimum absolute atomic E-state index is 0.0355. The number of carbonyl (C=O) groups excluding carboxylic acids is 1. The van der Waals surface area contributed by atoms with Crippen LogP contribution in [0.2, 0.25) is 0 Å². The Morgan fingerprint density at radius 2 is 1.77 bits per heavy atom. The molecule has 2 aliphatic rings. The van der Waals surface area contributed by atoms with E-state index in [0.29, 0.717) is 19.3 Å². The summed E-state index contributed by atoms with van der Waals surface area (Å²) >= 11 is 0. The molecule has 0 bridgehead atoms. The zero-order valence-electron chi connectivity index (χ0n) is 19.0. The molecule has 0 unspecified atom stereocenters. The van der Waals surface area contributed by atoms with E-state index in [4.69, 9.17) is 0 Å². The molecule has 1 aromatic rings. The second-order valence-corrected chi connectivity index (χ2v) is 9.10. The van der Waals surface area contributed by atoms with Gasteiger partial charge in [-0.1, -0.05) is 88.8 Å². The fourth-order valence-electron chi connectivity index (χ4n) is 6.71. The summed E-state index contributed by atoms with van der Waals surface area (Å²) in [6.45, 7) is 10.3. The van der Waals surface area contributed by atoms with Crippen LogP contribution in [-0.2, 0) is 9.59 Å².